The molecule has 1 aromatic heterocycles. The number of hydrogen-bond donors (Lipinski definition) is 2. The highest BCUT2D eigenvalue weighted by atomic mass is 16.2. The summed E-state index contributed by atoms with van der Waals surface area (Å²) in [5.74, 6) is 0.801. The molecular weight excluding hydrogens is 438 g/mol. The van der Waals surface area contributed by atoms with Gasteiger partial charge in [-0.2, -0.15) is 0 Å². The molecule has 2 fully saturated rings. The molecule has 4 rings (SSSR count). The van der Waals surface area contributed by atoms with Crippen LogP contribution in [0.15, 0.2) is 30.3 Å². The van der Waals surface area contributed by atoms with Crippen LogP contribution in [0.25, 0.3) is 11.3 Å². The van der Waals surface area contributed by atoms with Crippen molar-refractivity contribution in [3.63, 3.8) is 0 Å². The van der Waals surface area contributed by atoms with Gasteiger partial charge in [0, 0.05) is 12.1 Å². The largest absolute Gasteiger partial charge is 0.343 e. The van der Waals surface area contributed by atoms with Gasteiger partial charge in [0.2, 0.25) is 11.8 Å². The zero-order valence-electron chi connectivity index (χ0n) is 21.5. The highest BCUT2D eigenvalue weighted by Crippen LogP contribution is 2.35. The number of nitrogens with zero attached hydrogens (tertiary/aromatic N) is 3. The summed E-state index contributed by atoms with van der Waals surface area (Å²) >= 11 is 0. The van der Waals surface area contributed by atoms with E-state index in [1.807, 2.05) is 30.9 Å². The Balaban J connectivity index is 1.62. The molecule has 3 unspecified atom stereocenters. The van der Waals surface area contributed by atoms with Crippen molar-refractivity contribution in [2.24, 2.45) is 5.92 Å². The number of likely N-dealkylation sites (tertiary alicyclic amines) is 1. The summed E-state index contributed by atoms with van der Waals surface area (Å²) in [4.78, 5) is 38.2. The molecule has 2 amide bonds. The van der Waals surface area contributed by atoms with Crippen molar-refractivity contribution >= 4 is 11.8 Å². The normalized spacial score (nSPS) is 20.5. The fourth-order valence-corrected chi connectivity index (χ4v) is 5.49. The molecule has 2 N–H and O–H groups in total. The Labute approximate surface area is 209 Å². The minimum atomic E-state index is -0.488. The molecule has 0 spiro atoms. The molecule has 2 heterocycles. The maximum atomic E-state index is 14.0. The Morgan fingerprint density at radius 2 is 1.80 bits per heavy atom. The van der Waals surface area contributed by atoms with Crippen molar-refractivity contribution in [2.75, 3.05) is 13.6 Å². The van der Waals surface area contributed by atoms with Crippen LogP contribution >= 0.6 is 0 Å². The fourth-order valence-electron chi connectivity index (χ4n) is 5.49. The van der Waals surface area contributed by atoms with Crippen molar-refractivity contribution in [3.05, 3.63) is 47.4 Å². The SMILES string of the molecule is CNC(C)C(=O)NC(C(=O)N1CCCC1c1cc(-c2cccc(C)c2)nc(C)n1)C1CCCCC1. The number of aromatic nitrogens is 2. The summed E-state index contributed by atoms with van der Waals surface area (Å²) in [6.07, 6.45) is 7.18. The van der Waals surface area contributed by atoms with Crippen LogP contribution in [0.4, 0.5) is 0 Å². The topological polar surface area (TPSA) is 87.2 Å². The van der Waals surface area contributed by atoms with Gasteiger partial charge in [-0.05, 0) is 71.6 Å². The van der Waals surface area contributed by atoms with E-state index in [-0.39, 0.29) is 29.8 Å². The van der Waals surface area contributed by atoms with Gasteiger partial charge >= 0.3 is 0 Å². The van der Waals surface area contributed by atoms with Gasteiger partial charge < -0.3 is 15.5 Å². The van der Waals surface area contributed by atoms with Crippen LogP contribution in [0.2, 0.25) is 0 Å². The molecule has 2 aromatic rings. The zero-order chi connectivity index (χ0) is 24.9. The van der Waals surface area contributed by atoms with E-state index in [9.17, 15) is 9.59 Å². The fraction of sp³-hybridized carbons (Fsp3) is 0.571. The molecule has 1 saturated heterocycles. The predicted molar refractivity (Wildman–Crippen MR) is 138 cm³/mol. The van der Waals surface area contributed by atoms with Crippen LogP contribution in [-0.4, -0.2) is 52.4 Å². The summed E-state index contributed by atoms with van der Waals surface area (Å²) < 4.78 is 0. The first kappa shape index (κ1) is 25.3. The van der Waals surface area contributed by atoms with Crippen molar-refractivity contribution in [3.8, 4) is 11.3 Å². The number of nitrogens with one attached hydrogen (secondary N) is 2. The minimum Gasteiger partial charge on any atom is -0.343 e. The Bertz CT molecular complexity index is 1050. The standard InChI is InChI=1S/C28H39N5O2/c1-18-10-8-13-22(16-18)23-17-24(31-20(3)30-23)25-14-9-15-33(25)28(35)26(21-11-6-5-7-12-21)32-27(34)19(2)29-4/h8,10,13,16-17,19,21,25-26,29H,5-7,9,11-12,14-15H2,1-4H3,(H,32,34). The maximum Gasteiger partial charge on any atom is 0.246 e. The van der Waals surface area contributed by atoms with Gasteiger partial charge in [0.15, 0.2) is 0 Å². The number of rotatable bonds is 7. The maximum absolute atomic E-state index is 14.0. The van der Waals surface area contributed by atoms with Crippen molar-refractivity contribution < 1.29 is 9.59 Å². The lowest BCUT2D eigenvalue weighted by molar-refractivity contribution is -0.139. The van der Waals surface area contributed by atoms with Gasteiger partial charge in [-0.3, -0.25) is 9.59 Å². The van der Waals surface area contributed by atoms with Gasteiger partial charge in [0.05, 0.1) is 23.5 Å². The van der Waals surface area contributed by atoms with E-state index in [1.165, 1.54) is 12.0 Å². The number of hydrogen-bond acceptors (Lipinski definition) is 5. The number of amides is 2. The molecule has 3 atom stereocenters. The van der Waals surface area contributed by atoms with Crippen LogP contribution in [0, 0.1) is 19.8 Å². The van der Waals surface area contributed by atoms with E-state index in [4.69, 9.17) is 4.98 Å². The third-order valence-corrected chi connectivity index (χ3v) is 7.56. The van der Waals surface area contributed by atoms with Gasteiger partial charge in [-0.1, -0.05) is 43.0 Å². The highest BCUT2D eigenvalue weighted by Gasteiger charge is 2.39. The number of likely N-dealkylation sites (N-methyl/N-ethyl adjacent to an activating group) is 1. The Morgan fingerprint density at radius 1 is 1.03 bits per heavy atom. The van der Waals surface area contributed by atoms with E-state index in [0.717, 1.165) is 55.5 Å². The smallest absolute Gasteiger partial charge is 0.246 e. The molecule has 1 aliphatic heterocycles. The summed E-state index contributed by atoms with van der Waals surface area (Å²) in [5, 5.41) is 6.11. The third kappa shape index (κ3) is 5.89. The summed E-state index contributed by atoms with van der Waals surface area (Å²) in [6.45, 7) is 6.50. The molecule has 7 nitrogen and oxygen atoms in total. The summed E-state index contributed by atoms with van der Waals surface area (Å²) in [7, 11) is 1.77. The van der Waals surface area contributed by atoms with E-state index in [0.29, 0.717) is 12.4 Å². The van der Waals surface area contributed by atoms with Crippen LogP contribution in [0.3, 0.4) is 0 Å². The lowest BCUT2D eigenvalue weighted by Crippen LogP contribution is -2.55. The number of carbonyl (C=O) groups excluding carboxylic acids is 2. The summed E-state index contributed by atoms with van der Waals surface area (Å²) in [5.41, 5.74) is 4.01. The van der Waals surface area contributed by atoms with E-state index in [2.05, 4.69) is 40.7 Å². The second-order valence-electron chi connectivity index (χ2n) is 10.2. The molecule has 0 bridgehead atoms. The van der Waals surface area contributed by atoms with Crippen molar-refractivity contribution in [1.82, 2.24) is 25.5 Å². The van der Waals surface area contributed by atoms with Crippen molar-refractivity contribution in [1.29, 1.82) is 0 Å². The molecule has 7 heteroatoms. The first-order valence-electron chi connectivity index (χ1n) is 13.1. The first-order valence-corrected chi connectivity index (χ1v) is 13.1. The molecule has 1 aromatic carbocycles. The second-order valence-corrected chi connectivity index (χ2v) is 10.2. The Kier molecular flexibility index (Phi) is 8.16. The average Bonchev–Trinajstić information content (AvgIpc) is 3.36. The predicted octanol–water partition coefficient (Wildman–Crippen LogP) is 4.10. The van der Waals surface area contributed by atoms with E-state index < -0.39 is 6.04 Å². The molecule has 1 aliphatic carbocycles. The van der Waals surface area contributed by atoms with Crippen molar-refractivity contribution in [2.45, 2.75) is 83.8 Å². The molecule has 188 valence electrons. The number of benzene rings is 1. The van der Waals surface area contributed by atoms with E-state index >= 15 is 0 Å². The highest BCUT2D eigenvalue weighted by molar-refractivity contribution is 5.90. The van der Waals surface area contributed by atoms with Crippen LogP contribution in [0.5, 0.6) is 0 Å². The molecule has 0 radical (unpaired) electrons. The second kappa shape index (κ2) is 11.3. The average molecular weight is 478 g/mol. The summed E-state index contributed by atoms with van der Waals surface area (Å²) in [6, 6.07) is 9.41. The minimum absolute atomic E-state index is 0.0319. The molecule has 2 aliphatic rings. The molecular formula is C28H39N5O2. The van der Waals surface area contributed by atoms with Gasteiger partial charge in [0.25, 0.3) is 0 Å². The van der Waals surface area contributed by atoms with Gasteiger partial charge in [-0.25, -0.2) is 9.97 Å². The lowest BCUT2D eigenvalue weighted by atomic mass is 9.83. The van der Waals surface area contributed by atoms with Crippen LogP contribution in [-0.2, 0) is 9.59 Å². The monoisotopic (exact) mass is 477 g/mol. The molecule has 1 saturated carbocycles. The van der Waals surface area contributed by atoms with Crippen LogP contribution < -0.4 is 10.6 Å². The lowest BCUT2D eigenvalue weighted by Gasteiger charge is -2.35. The zero-order valence-corrected chi connectivity index (χ0v) is 21.5. The van der Waals surface area contributed by atoms with Gasteiger partial charge in [0.1, 0.15) is 11.9 Å². The number of aryl methyl sites for hydroxylation is 2. The first-order chi connectivity index (χ1) is 16.9. The number of carbonyl (C=O) groups is 2. The third-order valence-electron chi connectivity index (χ3n) is 7.56. The van der Waals surface area contributed by atoms with Crippen LogP contribution in [0.1, 0.15) is 75.0 Å². The Hall–Kier alpha value is -2.80. The van der Waals surface area contributed by atoms with Gasteiger partial charge in [-0.15, -0.1) is 0 Å². The quantitative estimate of drug-likeness (QED) is 0.627. The van der Waals surface area contributed by atoms with E-state index in [1.54, 1.807) is 7.05 Å². The molecule has 35 heavy (non-hydrogen) atoms. The Morgan fingerprint density at radius 3 is 2.51 bits per heavy atom.